The molecular weight excluding hydrogens is 350 g/mol. The van der Waals surface area contributed by atoms with Gasteiger partial charge in [-0.15, -0.1) is 0 Å². The number of carbonyl (C=O) groups excluding carboxylic acids is 1. The number of nitrogens with zero attached hydrogens (tertiary/aromatic N) is 1. The Labute approximate surface area is 152 Å². The predicted molar refractivity (Wildman–Crippen MR) is 103 cm³/mol. The third-order valence-corrected chi connectivity index (χ3v) is 6.48. The van der Waals surface area contributed by atoms with Crippen LogP contribution in [-0.4, -0.2) is 31.3 Å². The Balaban J connectivity index is 1.93. The quantitative estimate of drug-likeness (QED) is 0.420. The summed E-state index contributed by atoms with van der Waals surface area (Å²) < 4.78 is 22.3. The normalized spacial score (nSPS) is 19.2. The van der Waals surface area contributed by atoms with E-state index in [0.717, 1.165) is 15.1 Å². The number of fused-ring (bicyclic) bond motifs is 2. The van der Waals surface area contributed by atoms with Gasteiger partial charge in [0.1, 0.15) is 5.70 Å². The number of hydrogen-bond acceptors (Lipinski definition) is 5. The van der Waals surface area contributed by atoms with E-state index in [1.54, 1.807) is 24.3 Å². The van der Waals surface area contributed by atoms with E-state index in [9.17, 15) is 19.0 Å². The summed E-state index contributed by atoms with van der Waals surface area (Å²) in [6, 6.07) is 19.3. The molecule has 26 heavy (non-hydrogen) atoms. The number of carbonyl (C=O) groups is 1. The van der Waals surface area contributed by atoms with E-state index in [1.165, 1.54) is 19.2 Å². The second-order valence-corrected chi connectivity index (χ2v) is 8.13. The van der Waals surface area contributed by atoms with Crippen LogP contribution >= 0.6 is 10.8 Å². The van der Waals surface area contributed by atoms with Crippen LogP contribution in [-0.2, 0) is 0 Å². The van der Waals surface area contributed by atoms with Crippen molar-refractivity contribution in [2.24, 2.45) is 0 Å². The number of likely N-dealkylation sites (N-methyl/N-ethyl adjacent to an activating group) is 1. The number of allylic oxidation sites excluding steroid dienone is 1. The minimum atomic E-state index is -3.40. The van der Waals surface area contributed by atoms with E-state index in [4.69, 9.17) is 0 Å². The number of benzene rings is 3. The summed E-state index contributed by atoms with van der Waals surface area (Å²) in [4.78, 5) is 13.1. The Morgan fingerprint density at radius 1 is 0.923 bits per heavy atom. The molecule has 3 N–H and O–H groups in total. The minimum Gasteiger partial charge on any atom is -0.505 e. The van der Waals surface area contributed by atoms with E-state index in [0.29, 0.717) is 5.56 Å². The van der Waals surface area contributed by atoms with Gasteiger partial charge in [0.15, 0.2) is 5.76 Å². The van der Waals surface area contributed by atoms with Gasteiger partial charge in [0.05, 0.1) is 4.90 Å². The number of rotatable bonds is 1. The average Bonchev–Trinajstić information content (AvgIpc) is 2.66. The molecule has 3 aromatic rings. The number of Topliss-reactive ketones (excluding diaryl/α,β-unsaturated/α-hetero) is 1. The van der Waals surface area contributed by atoms with E-state index in [-0.39, 0.29) is 21.9 Å². The largest absolute Gasteiger partial charge is 0.505 e. The van der Waals surface area contributed by atoms with Gasteiger partial charge < -0.3 is 5.11 Å². The van der Waals surface area contributed by atoms with Gasteiger partial charge >= 0.3 is 0 Å². The van der Waals surface area contributed by atoms with Crippen molar-refractivity contribution in [3.63, 3.8) is 0 Å². The highest BCUT2D eigenvalue weighted by molar-refractivity contribution is 8.22. The highest BCUT2D eigenvalue weighted by Gasteiger charge is 2.39. The lowest BCUT2D eigenvalue weighted by Crippen LogP contribution is -2.34. The first-order valence-corrected chi connectivity index (χ1v) is 9.50. The first-order chi connectivity index (χ1) is 12.4. The summed E-state index contributed by atoms with van der Waals surface area (Å²) in [5.74, 6) is -0.724. The van der Waals surface area contributed by atoms with Gasteiger partial charge in [-0.1, -0.05) is 59.3 Å². The Kier molecular flexibility index (Phi) is 3.77. The van der Waals surface area contributed by atoms with Crippen molar-refractivity contribution in [1.82, 2.24) is 4.31 Å². The molecule has 0 aromatic heterocycles. The first-order valence-electron chi connectivity index (χ1n) is 7.99. The molecule has 1 aliphatic heterocycles. The SMILES string of the molecule is CN1C(=C(O)c2ccc3ccccc3c2)C(=O)c2ccccc2S1(O)O. The third kappa shape index (κ3) is 2.39. The molecule has 0 fully saturated rings. The number of hydrogen-bond donors (Lipinski definition) is 3. The molecule has 0 amide bonds. The summed E-state index contributed by atoms with van der Waals surface area (Å²) in [7, 11) is -2.01. The Morgan fingerprint density at radius 3 is 2.35 bits per heavy atom. The third-order valence-electron chi connectivity index (χ3n) is 4.59. The minimum absolute atomic E-state index is 0.126. The second-order valence-electron chi connectivity index (χ2n) is 6.10. The van der Waals surface area contributed by atoms with Gasteiger partial charge in [-0.3, -0.25) is 18.2 Å². The molecule has 0 bridgehead atoms. The van der Waals surface area contributed by atoms with Crippen LogP contribution in [0.1, 0.15) is 15.9 Å². The maximum atomic E-state index is 12.9. The van der Waals surface area contributed by atoms with Crippen LogP contribution in [0.4, 0.5) is 0 Å². The van der Waals surface area contributed by atoms with E-state index in [2.05, 4.69) is 0 Å². The fourth-order valence-corrected chi connectivity index (χ4v) is 4.60. The molecular formula is C20H17NO4S. The van der Waals surface area contributed by atoms with Gasteiger partial charge in [0.2, 0.25) is 5.78 Å². The molecule has 4 rings (SSSR count). The second kappa shape index (κ2) is 5.88. The lowest BCUT2D eigenvalue weighted by Gasteiger charge is -2.46. The van der Waals surface area contributed by atoms with Gasteiger partial charge in [0.25, 0.3) is 0 Å². The van der Waals surface area contributed by atoms with Crippen LogP contribution < -0.4 is 0 Å². The molecule has 0 radical (unpaired) electrons. The lowest BCUT2D eigenvalue weighted by molar-refractivity contribution is 0.0999. The zero-order valence-electron chi connectivity index (χ0n) is 14.0. The standard InChI is InChI=1S/C20H17NO4S/c1-21-18(20(23)16-8-4-5-9-17(16)26(21,24)25)19(22)15-11-10-13-6-2-3-7-14(13)12-15/h2-12,22,24-25H,1H3. The highest BCUT2D eigenvalue weighted by Crippen LogP contribution is 2.58. The van der Waals surface area contributed by atoms with Crippen LogP contribution in [0.3, 0.4) is 0 Å². The molecule has 1 heterocycles. The van der Waals surface area contributed by atoms with Crippen LogP contribution in [0, 0.1) is 0 Å². The summed E-state index contributed by atoms with van der Waals surface area (Å²) in [6.45, 7) is 0. The fraction of sp³-hybridized carbons (Fsp3) is 0.0500. The highest BCUT2D eigenvalue weighted by atomic mass is 32.3. The predicted octanol–water partition coefficient (Wildman–Crippen LogP) is 4.92. The lowest BCUT2D eigenvalue weighted by atomic mass is 10.0. The molecule has 0 saturated carbocycles. The van der Waals surface area contributed by atoms with Gasteiger partial charge in [-0.25, -0.2) is 0 Å². The van der Waals surface area contributed by atoms with Gasteiger partial charge in [-0.2, -0.15) is 0 Å². The monoisotopic (exact) mass is 367 g/mol. The van der Waals surface area contributed by atoms with Crippen LogP contribution in [0.2, 0.25) is 0 Å². The molecule has 0 unspecified atom stereocenters. The van der Waals surface area contributed by atoms with Crippen LogP contribution in [0.5, 0.6) is 0 Å². The summed E-state index contributed by atoms with van der Waals surface area (Å²) in [5, 5.41) is 12.7. The maximum absolute atomic E-state index is 12.9. The Hall–Kier alpha value is -2.80. The molecule has 5 nitrogen and oxygen atoms in total. The fourth-order valence-electron chi connectivity index (χ4n) is 3.17. The van der Waals surface area contributed by atoms with E-state index < -0.39 is 16.6 Å². The van der Waals surface area contributed by atoms with Crippen molar-refractivity contribution in [1.29, 1.82) is 0 Å². The Bertz CT molecular complexity index is 1070. The molecule has 3 aromatic carbocycles. The van der Waals surface area contributed by atoms with Crippen molar-refractivity contribution in [3.8, 4) is 0 Å². The molecule has 132 valence electrons. The number of ketones is 1. The average molecular weight is 367 g/mol. The zero-order valence-corrected chi connectivity index (χ0v) is 14.8. The molecule has 0 spiro atoms. The van der Waals surface area contributed by atoms with Crippen molar-refractivity contribution in [3.05, 3.63) is 83.6 Å². The van der Waals surface area contributed by atoms with Gasteiger partial charge in [-0.05, 0) is 29.0 Å². The van der Waals surface area contributed by atoms with Crippen molar-refractivity contribution in [2.45, 2.75) is 4.90 Å². The Morgan fingerprint density at radius 2 is 1.58 bits per heavy atom. The molecule has 6 heteroatoms. The van der Waals surface area contributed by atoms with Crippen molar-refractivity contribution in [2.75, 3.05) is 7.05 Å². The maximum Gasteiger partial charge on any atom is 0.216 e. The van der Waals surface area contributed by atoms with Crippen molar-refractivity contribution < 1.29 is 19.0 Å². The molecule has 0 aliphatic carbocycles. The topological polar surface area (TPSA) is 81.0 Å². The number of aliphatic hydroxyl groups excluding tert-OH is 1. The van der Waals surface area contributed by atoms with Gasteiger partial charge in [0, 0.05) is 18.2 Å². The zero-order chi connectivity index (χ0) is 18.5. The summed E-state index contributed by atoms with van der Waals surface area (Å²) in [6.07, 6.45) is 0. The van der Waals surface area contributed by atoms with Crippen LogP contribution in [0.25, 0.3) is 16.5 Å². The molecule has 1 aliphatic rings. The van der Waals surface area contributed by atoms with E-state index in [1.807, 2.05) is 30.3 Å². The molecule has 0 saturated heterocycles. The smallest absolute Gasteiger partial charge is 0.216 e. The number of aliphatic hydroxyl groups is 1. The molecule has 0 atom stereocenters. The van der Waals surface area contributed by atoms with Crippen molar-refractivity contribution >= 4 is 33.1 Å². The van der Waals surface area contributed by atoms with Crippen LogP contribution in [0.15, 0.2) is 77.3 Å². The van der Waals surface area contributed by atoms with E-state index >= 15 is 0 Å². The summed E-state index contributed by atoms with van der Waals surface area (Å²) >= 11 is 0. The first kappa shape index (κ1) is 16.7. The summed E-state index contributed by atoms with van der Waals surface area (Å²) in [5.41, 5.74) is 0.500.